The molecule has 0 atom stereocenters. The minimum absolute atomic E-state index is 0.147. The number of fused-ring (bicyclic) bond motifs is 1. The molecule has 0 N–H and O–H groups in total. The van der Waals surface area contributed by atoms with Gasteiger partial charge in [0.2, 0.25) is 0 Å². The van der Waals surface area contributed by atoms with Crippen LogP contribution in [0, 0.1) is 13.8 Å². The number of aromatic nitrogens is 2. The topological polar surface area (TPSA) is 46.7 Å². The van der Waals surface area contributed by atoms with Gasteiger partial charge in [0.1, 0.15) is 10.7 Å². The van der Waals surface area contributed by atoms with Crippen LogP contribution in [0.25, 0.3) is 5.65 Å². The first-order valence-electron chi connectivity index (χ1n) is 9.07. The number of hydrogen-bond donors (Lipinski definition) is 0. The molecule has 29 heavy (non-hydrogen) atoms. The van der Waals surface area contributed by atoms with E-state index < -0.39 is 0 Å². The average Bonchev–Trinajstić information content (AvgIpc) is 2.71. The molecule has 0 saturated carbocycles. The highest BCUT2D eigenvalue weighted by molar-refractivity contribution is 7.99. The molecule has 144 valence electrons. The number of nitrogens with zero attached hydrogens (tertiary/aromatic N) is 3. The van der Waals surface area contributed by atoms with E-state index in [1.54, 1.807) is 28.9 Å². The van der Waals surface area contributed by atoms with Crippen LogP contribution in [0.3, 0.4) is 0 Å². The number of aliphatic imine (C=N–C) groups is 1. The fourth-order valence-corrected chi connectivity index (χ4v) is 3.87. The normalized spacial score (nSPS) is 11.4. The Kier molecular flexibility index (Phi) is 5.51. The zero-order chi connectivity index (χ0) is 20.4. The monoisotopic (exact) mass is 419 g/mol. The second kappa shape index (κ2) is 8.23. The Bertz CT molecular complexity index is 1260. The molecular formula is C23H18ClN3OS. The van der Waals surface area contributed by atoms with Gasteiger partial charge in [-0.1, -0.05) is 47.1 Å². The Morgan fingerprint density at radius 3 is 2.48 bits per heavy atom. The molecule has 0 aliphatic carbocycles. The molecule has 0 amide bonds. The van der Waals surface area contributed by atoms with Crippen molar-refractivity contribution < 1.29 is 0 Å². The minimum atomic E-state index is -0.147. The second-order valence-electron chi connectivity index (χ2n) is 6.67. The molecule has 0 saturated heterocycles. The molecule has 6 heteroatoms. The Balaban J connectivity index is 1.85. The Morgan fingerprint density at radius 2 is 1.76 bits per heavy atom. The molecule has 0 aliphatic rings. The third kappa shape index (κ3) is 4.26. The minimum Gasteiger partial charge on any atom is -0.268 e. The van der Waals surface area contributed by atoms with E-state index in [1.165, 1.54) is 17.3 Å². The molecule has 2 heterocycles. The van der Waals surface area contributed by atoms with Gasteiger partial charge in [0.05, 0.1) is 11.3 Å². The maximum Gasteiger partial charge on any atom is 0.267 e. The first kappa shape index (κ1) is 19.4. The highest BCUT2D eigenvalue weighted by Crippen LogP contribution is 2.28. The SMILES string of the molecule is Cc1ccc(Sc2nc3c(C)cccn3c(=O)c2C=Nc2ccc(Cl)cc2)cc1. The maximum atomic E-state index is 13.2. The van der Waals surface area contributed by atoms with E-state index >= 15 is 0 Å². The van der Waals surface area contributed by atoms with Crippen molar-refractivity contribution in [2.24, 2.45) is 4.99 Å². The van der Waals surface area contributed by atoms with E-state index in [0.717, 1.165) is 16.1 Å². The molecule has 0 bridgehead atoms. The summed E-state index contributed by atoms with van der Waals surface area (Å²) < 4.78 is 1.57. The van der Waals surface area contributed by atoms with Crippen molar-refractivity contribution in [1.29, 1.82) is 0 Å². The van der Waals surface area contributed by atoms with Crippen molar-refractivity contribution >= 4 is 40.9 Å². The van der Waals surface area contributed by atoms with Gasteiger partial charge in [-0.3, -0.25) is 14.2 Å². The van der Waals surface area contributed by atoms with Crippen LogP contribution in [0.1, 0.15) is 16.7 Å². The summed E-state index contributed by atoms with van der Waals surface area (Å²) in [5.74, 6) is 0. The molecule has 4 aromatic rings. The zero-order valence-corrected chi connectivity index (χ0v) is 17.5. The van der Waals surface area contributed by atoms with Gasteiger partial charge in [-0.25, -0.2) is 4.98 Å². The van der Waals surface area contributed by atoms with E-state index in [0.29, 0.717) is 21.3 Å². The van der Waals surface area contributed by atoms with E-state index in [-0.39, 0.29) is 5.56 Å². The number of benzene rings is 2. The molecule has 4 rings (SSSR count). The lowest BCUT2D eigenvalue weighted by molar-refractivity contribution is 0.968. The Labute approximate surface area is 177 Å². The van der Waals surface area contributed by atoms with Crippen LogP contribution in [0.2, 0.25) is 5.02 Å². The van der Waals surface area contributed by atoms with E-state index in [4.69, 9.17) is 16.6 Å². The van der Waals surface area contributed by atoms with Gasteiger partial charge < -0.3 is 0 Å². The number of aryl methyl sites for hydroxylation is 2. The van der Waals surface area contributed by atoms with Crippen LogP contribution in [0.15, 0.2) is 86.6 Å². The summed E-state index contributed by atoms with van der Waals surface area (Å²) in [6.07, 6.45) is 3.32. The highest BCUT2D eigenvalue weighted by atomic mass is 35.5. The van der Waals surface area contributed by atoms with Gasteiger partial charge >= 0.3 is 0 Å². The summed E-state index contributed by atoms with van der Waals surface area (Å²) in [6.45, 7) is 3.99. The van der Waals surface area contributed by atoms with Crippen molar-refractivity contribution in [3.63, 3.8) is 0 Å². The fourth-order valence-electron chi connectivity index (χ4n) is 2.86. The van der Waals surface area contributed by atoms with E-state index in [9.17, 15) is 4.79 Å². The summed E-state index contributed by atoms with van der Waals surface area (Å²) in [5.41, 5.74) is 3.79. The summed E-state index contributed by atoms with van der Waals surface area (Å²) >= 11 is 7.40. The van der Waals surface area contributed by atoms with Crippen LogP contribution in [0.4, 0.5) is 5.69 Å². The van der Waals surface area contributed by atoms with Crippen LogP contribution in [-0.4, -0.2) is 15.6 Å². The fraction of sp³-hybridized carbons (Fsp3) is 0.0870. The van der Waals surface area contributed by atoms with E-state index in [2.05, 4.69) is 4.99 Å². The number of rotatable bonds is 4. The van der Waals surface area contributed by atoms with Gasteiger partial charge in [-0.15, -0.1) is 0 Å². The van der Waals surface area contributed by atoms with Crippen LogP contribution in [-0.2, 0) is 0 Å². The standard InChI is InChI=1S/C23H18ClN3OS/c1-15-5-11-19(12-6-15)29-22-20(14-25-18-9-7-17(24)8-10-18)23(28)27-13-3-4-16(2)21(27)26-22/h3-14H,1-2H3. The van der Waals surface area contributed by atoms with Crippen LogP contribution >= 0.6 is 23.4 Å². The maximum absolute atomic E-state index is 13.2. The Hall–Kier alpha value is -2.89. The van der Waals surface area contributed by atoms with Gasteiger partial charge in [-0.05, 0) is 61.9 Å². The number of hydrogen-bond acceptors (Lipinski definition) is 4. The number of halogens is 1. The predicted octanol–water partition coefficient (Wildman–Crippen LogP) is 5.87. The molecule has 0 fully saturated rings. The molecule has 0 spiro atoms. The summed E-state index contributed by atoms with van der Waals surface area (Å²) in [5, 5.41) is 1.27. The summed E-state index contributed by atoms with van der Waals surface area (Å²) in [7, 11) is 0. The summed E-state index contributed by atoms with van der Waals surface area (Å²) in [6, 6.07) is 19.1. The van der Waals surface area contributed by atoms with Gasteiger partial charge in [0.25, 0.3) is 5.56 Å². The third-order valence-corrected chi connectivity index (χ3v) is 5.72. The van der Waals surface area contributed by atoms with Gasteiger partial charge in [0.15, 0.2) is 0 Å². The lowest BCUT2D eigenvalue weighted by Crippen LogP contribution is -2.21. The number of pyridine rings is 1. The quantitative estimate of drug-likeness (QED) is 0.307. The van der Waals surface area contributed by atoms with Crippen LogP contribution < -0.4 is 5.56 Å². The molecular weight excluding hydrogens is 402 g/mol. The molecule has 2 aromatic heterocycles. The van der Waals surface area contributed by atoms with Gasteiger partial charge in [0, 0.05) is 22.3 Å². The first-order chi connectivity index (χ1) is 14.0. The molecule has 0 radical (unpaired) electrons. The second-order valence-corrected chi connectivity index (χ2v) is 8.17. The lowest BCUT2D eigenvalue weighted by Gasteiger charge is -2.09. The van der Waals surface area contributed by atoms with Gasteiger partial charge in [-0.2, -0.15) is 0 Å². The highest BCUT2D eigenvalue weighted by Gasteiger charge is 2.14. The smallest absolute Gasteiger partial charge is 0.267 e. The summed E-state index contributed by atoms with van der Waals surface area (Å²) in [4.78, 5) is 23.5. The van der Waals surface area contributed by atoms with Crippen molar-refractivity contribution in [3.8, 4) is 0 Å². The van der Waals surface area contributed by atoms with Crippen molar-refractivity contribution in [3.05, 3.63) is 98.9 Å². The predicted molar refractivity (Wildman–Crippen MR) is 120 cm³/mol. The lowest BCUT2D eigenvalue weighted by atomic mass is 10.2. The molecule has 4 nitrogen and oxygen atoms in total. The van der Waals surface area contributed by atoms with Crippen molar-refractivity contribution in [1.82, 2.24) is 9.38 Å². The van der Waals surface area contributed by atoms with Crippen molar-refractivity contribution in [2.75, 3.05) is 0 Å². The molecule has 0 unspecified atom stereocenters. The molecule has 0 aliphatic heterocycles. The Morgan fingerprint density at radius 1 is 1.03 bits per heavy atom. The van der Waals surface area contributed by atoms with E-state index in [1.807, 2.05) is 62.4 Å². The first-order valence-corrected chi connectivity index (χ1v) is 10.3. The zero-order valence-electron chi connectivity index (χ0n) is 16.0. The average molecular weight is 420 g/mol. The molecule has 2 aromatic carbocycles. The largest absolute Gasteiger partial charge is 0.268 e. The third-order valence-electron chi connectivity index (χ3n) is 4.45. The van der Waals surface area contributed by atoms with Crippen molar-refractivity contribution in [2.45, 2.75) is 23.8 Å². The van der Waals surface area contributed by atoms with Crippen LogP contribution in [0.5, 0.6) is 0 Å².